The standard InChI is InChI=1S/C21H31FN2O2/c1-3-5-6-16(4-2)14-23-21(26)18-13-20(25)24(15-18)12-11-17-7-9-19(22)10-8-17/h7-10,16,18H,3-6,11-15H2,1-2H3,(H,23,26)/t16-,18+/m1/s1. The van der Waals surface area contributed by atoms with Crippen LogP contribution in [0, 0.1) is 17.7 Å². The van der Waals surface area contributed by atoms with Gasteiger partial charge in [-0.1, -0.05) is 45.2 Å². The third-order valence-corrected chi connectivity index (χ3v) is 5.28. The molecule has 1 aromatic carbocycles. The molecule has 1 saturated heterocycles. The van der Waals surface area contributed by atoms with Crippen molar-refractivity contribution >= 4 is 11.8 Å². The maximum absolute atomic E-state index is 12.9. The summed E-state index contributed by atoms with van der Waals surface area (Å²) in [5.41, 5.74) is 0.994. The van der Waals surface area contributed by atoms with Crippen LogP contribution in [0.4, 0.5) is 4.39 Å². The van der Waals surface area contributed by atoms with E-state index in [0.29, 0.717) is 38.4 Å². The molecule has 0 radical (unpaired) electrons. The minimum atomic E-state index is -0.257. The summed E-state index contributed by atoms with van der Waals surface area (Å²) in [4.78, 5) is 26.3. The molecule has 2 atom stereocenters. The maximum atomic E-state index is 12.9. The van der Waals surface area contributed by atoms with Crippen molar-refractivity contribution in [3.8, 4) is 0 Å². The predicted octanol–water partition coefficient (Wildman–Crippen LogP) is 3.55. The van der Waals surface area contributed by atoms with Gasteiger partial charge in [0.25, 0.3) is 0 Å². The minimum absolute atomic E-state index is 0.00224. The average Bonchev–Trinajstić information content (AvgIpc) is 3.02. The lowest BCUT2D eigenvalue weighted by atomic mass is 9.99. The van der Waals surface area contributed by atoms with Gasteiger partial charge in [0.05, 0.1) is 5.92 Å². The van der Waals surface area contributed by atoms with Crippen molar-refractivity contribution in [1.29, 1.82) is 0 Å². The summed E-state index contributed by atoms with van der Waals surface area (Å²) in [6.07, 6.45) is 5.53. The average molecular weight is 362 g/mol. The molecule has 4 nitrogen and oxygen atoms in total. The van der Waals surface area contributed by atoms with Gasteiger partial charge in [0.1, 0.15) is 5.82 Å². The van der Waals surface area contributed by atoms with Crippen LogP contribution in [0.1, 0.15) is 51.5 Å². The summed E-state index contributed by atoms with van der Waals surface area (Å²) in [6, 6.07) is 6.34. The van der Waals surface area contributed by atoms with Crippen LogP contribution >= 0.6 is 0 Å². The first-order chi connectivity index (χ1) is 12.5. The van der Waals surface area contributed by atoms with Crippen LogP contribution in [0.5, 0.6) is 0 Å². The zero-order valence-corrected chi connectivity index (χ0v) is 16.0. The minimum Gasteiger partial charge on any atom is -0.356 e. The topological polar surface area (TPSA) is 49.4 Å². The van der Waals surface area contributed by atoms with Gasteiger partial charge in [0.2, 0.25) is 11.8 Å². The van der Waals surface area contributed by atoms with E-state index in [1.807, 2.05) is 0 Å². The smallest absolute Gasteiger partial charge is 0.225 e. The molecule has 1 aliphatic rings. The van der Waals surface area contributed by atoms with Gasteiger partial charge in [-0.3, -0.25) is 9.59 Å². The molecule has 0 bridgehead atoms. The molecular weight excluding hydrogens is 331 g/mol. The third kappa shape index (κ3) is 6.11. The highest BCUT2D eigenvalue weighted by Crippen LogP contribution is 2.19. The first-order valence-corrected chi connectivity index (χ1v) is 9.83. The molecule has 144 valence electrons. The van der Waals surface area contributed by atoms with Crippen LogP contribution in [-0.4, -0.2) is 36.3 Å². The monoisotopic (exact) mass is 362 g/mol. The fourth-order valence-electron chi connectivity index (χ4n) is 3.41. The highest BCUT2D eigenvalue weighted by Gasteiger charge is 2.33. The van der Waals surface area contributed by atoms with Gasteiger partial charge in [0, 0.05) is 26.1 Å². The van der Waals surface area contributed by atoms with E-state index in [1.54, 1.807) is 17.0 Å². The van der Waals surface area contributed by atoms with E-state index in [-0.39, 0.29) is 23.5 Å². The zero-order chi connectivity index (χ0) is 18.9. The Morgan fingerprint density at radius 3 is 2.69 bits per heavy atom. The Hall–Kier alpha value is -1.91. The second-order valence-corrected chi connectivity index (χ2v) is 7.28. The number of amides is 2. The molecule has 0 unspecified atom stereocenters. The van der Waals surface area contributed by atoms with Crippen molar-refractivity contribution in [2.24, 2.45) is 11.8 Å². The van der Waals surface area contributed by atoms with Crippen molar-refractivity contribution in [1.82, 2.24) is 10.2 Å². The highest BCUT2D eigenvalue weighted by molar-refractivity contribution is 5.89. The van der Waals surface area contributed by atoms with E-state index in [9.17, 15) is 14.0 Å². The van der Waals surface area contributed by atoms with E-state index >= 15 is 0 Å². The van der Waals surface area contributed by atoms with Gasteiger partial charge in [-0.15, -0.1) is 0 Å². The third-order valence-electron chi connectivity index (χ3n) is 5.28. The van der Waals surface area contributed by atoms with Crippen LogP contribution in [0.25, 0.3) is 0 Å². The van der Waals surface area contributed by atoms with Crippen molar-refractivity contribution < 1.29 is 14.0 Å². The molecule has 1 fully saturated rings. The quantitative estimate of drug-likeness (QED) is 0.692. The molecule has 1 N–H and O–H groups in total. The van der Waals surface area contributed by atoms with Crippen molar-refractivity contribution in [3.05, 3.63) is 35.6 Å². The number of nitrogens with one attached hydrogen (secondary N) is 1. The molecular formula is C21H31FN2O2. The van der Waals surface area contributed by atoms with Gasteiger partial charge in [0.15, 0.2) is 0 Å². The Morgan fingerprint density at radius 1 is 1.31 bits per heavy atom. The number of unbranched alkanes of at least 4 members (excludes halogenated alkanes) is 1. The van der Waals surface area contributed by atoms with Crippen LogP contribution in [0.15, 0.2) is 24.3 Å². The summed E-state index contributed by atoms with van der Waals surface area (Å²) in [6.45, 7) is 6.09. The van der Waals surface area contributed by atoms with Crippen LogP contribution in [0.3, 0.4) is 0 Å². The largest absolute Gasteiger partial charge is 0.356 e. The number of halogens is 1. The van der Waals surface area contributed by atoms with Crippen LogP contribution in [-0.2, 0) is 16.0 Å². The van der Waals surface area contributed by atoms with Gasteiger partial charge < -0.3 is 10.2 Å². The van der Waals surface area contributed by atoms with Gasteiger partial charge in [-0.25, -0.2) is 4.39 Å². The molecule has 0 saturated carbocycles. The Kier molecular flexibility index (Phi) is 8.07. The van der Waals surface area contributed by atoms with Gasteiger partial charge in [-0.05, 0) is 36.5 Å². The number of likely N-dealkylation sites (tertiary alicyclic amines) is 1. The SMILES string of the molecule is CCCC[C@@H](CC)CNC(=O)[C@H]1CC(=O)N(CCc2ccc(F)cc2)C1. The molecule has 0 spiro atoms. The Labute approximate surface area is 156 Å². The maximum Gasteiger partial charge on any atom is 0.225 e. The number of hydrogen-bond donors (Lipinski definition) is 1. The van der Waals surface area contributed by atoms with E-state index < -0.39 is 0 Å². The lowest BCUT2D eigenvalue weighted by Gasteiger charge is -2.18. The molecule has 2 rings (SSSR count). The summed E-state index contributed by atoms with van der Waals surface area (Å²) < 4.78 is 12.9. The van der Waals surface area contributed by atoms with Crippen LogP contribution < -0.4 is 5.32 Å². The Balaban J connectivity index is 1.76. The number of carbonyl (C=O) groups excluding carboxylic acids is 2. The highest BCUT2D eigenvalue weighted by atomic mass is 19.1. The second kappa shape index (κ2) is 10.3. The van der Waals surface area contributed by atoms with Crippen molar-refractivity contribution in [2.75, 3.05) is 19.6 Å². The van der Waals surface area contributed by atoms with Gasteiger partial charge in [-0.2, -0.15) is 0 Å². The first-order valence-electron chi connectivity index (χ1n) is 9.83. The normalized spacial score (nSPS) is 18.2. The Bertz CT molecular complexity index is 588. The molecule has 5 heteroatoms. The molecule has 0 aliphatic carbocycles. The van der Waals surface area contributed by atoms with E-state index in [0.717, 1.165) is 18.4 Å². The number of rotatable bonds is 10. The summed E-state index contributed by atoms with van der Waals surface area (Å²) in [5.74, 6) is 0.0416. The first kappa shape index (κ1) is 20.4. The molecule has 26 heavy (non-hydrogen) atoms. The lowest BCUT2D eigenvalue weighted by molar-refractivity contribution is -0.129. The molecule has 1 aliphatic heterocycles. The summed E-state index contributed by atoms with van der Waals surface area (Å²) in [7, 11) is 0. The Morgan fingerprint density at radius 2 is 2.04 bits per heavy atom. The second-order valence-electron chi connectivity index (χ2n) is 7.28. The lowest BCUT2D eigenvalue weighted by Crippen LogP contribution is -2.36. The van der Waals surface area contributed by atoms with Gasteiger partial charge >= 0.3 is 0 Å². The number of carbonyl (C=O) groups is 2. The summed E-state index contributed by atoms with van der Waals surface area (Å²) >= 11 is 0. The fourth-order valence-corrected chi connectivity index (χ4v) is 3.41. The molecule has 1 heterocycles. The summed E-state index contributed by atoms with van der Waals surface area (Å²) in [5, 5.41) is 3.05. The van der Waals surface area contributed by atoms with Crippen molar-refractivity contribution in [3.63, 3.8) is 0 Å². The van der Waals surface area contributed by atoms with E-state index in [1.165, 1.54) is 25.0 Å². The van der Waals surface area contributed by atoms with Crippen molar-refractivity contribution in [2.45, 2.75) is 52.4 Å². The van der Waals surface area contributed by atoms with Crippen LogP contribution in [0.2, 0.25) is 0 Å². The molecule has 2 amide bonds. The molecule has 0 aromatic heterocycles. The predicted molar refractivity (Wildman–Crippen MR) is 101 cm³/mol. The number of nitrogens with zero attached hydrogens (tertiary/aromatic N) is 1. The van der Waals surface area contributed by atoms with E-state index in [4.69, 9.17) is 0 Å². The number of hydrogen-bond acceptors (Lipinski definition) is 2. The van der Waals surface area contributed by atoms with E-state index in [2.05, 4.69) is 19.2 Å². The molecule has 1 aromatic rings. The zero-order valence-electron chi connectivity index (χ0n) is 16.0. The number of benzene rings is 1. The fraction of sp³-hybridized carbons (Fsp3) is 0.619.